The lowest BCUT2D eigenvalue weighted by Crippen LogP contribution is -2.16. The molecule has 0 unspecified atom stereocenters. The molecule has 0 N–H and O–H groups in total. The number of hydrogen-bond donors (Lipinski definition) is 0. The van der Waals surface area contributed by atoms with Crippen molar-refractivity contribution in [2.45, 2.75) is 39.4 Å². The third-order valence-corrected chi connectivity index (χ3v) is 3.22. The summed E-state index contributed by atoms with van der Waals surface area (Å²) in [5.74, 6) is 1.19. The molecule has 0 fully saturated rings. The zero-order valence-electron chi connectivity index (χ0n) is 7.69. The van der Waals surface area contributed by atoms with Gasteiger partial charge in [0.05, 0.1) is 0 Å². The zero-order valence-corrected chi connectivity index (χ0v) is 8.51. The second kappa shape index (κ2) is 4.07. The minimum atomic E-state index is 0.337. The first-order valence-corrected chi connectivity index (χ1v) is 4.80. The van der Waals surface area contributed by atoms with Crippen LogP contribution in [0.1, 0.15) is 34.6 Å². The van der Waals surface area contributed by atoms with E-state index in [0.29, 0.717) is 4.75 Å². The van der Waals surface area contributed by atoms with E-state index in [4.69, 9.17) is 0 Å². The van der Waals surface area contributed by atoms with Crippen LogP contribution in [0.4, 0.5) is 0 Å². The van der Waals surface area contributed by atoms with Crippen LogP contribution in [0.2, 0.25) is 0 Å². The highest BCUT2D eigenvalue weighted by Crippen LogP contribution is 2.31. The van der Waals surface area contributed by atoms with Crippen molar-refractivity contribution in [3.8, 4) is 0 Å². The fraction of sp³-hybridized carbons (Fsp3) is 0.778. The second-order valence-electron chi connectivity index (χ2n) is 2.92. The maximum absolute atomic E-state index is 2.27. The van der Waals surface area contributed by atoms with Gasteiger partial charge < -0.3 is 0 Å². The normalized spacial score (nSPS) is 13.9. The van der Waals surface area contributed by atoms with Crippen molar-refractivity contribution in [2.75, 3.05) is 5.75 Å². The van der Waals surface area contributed by atoms with Gasteiger partial charge in [-0.25, -0.2) is 0 Å². The quantitative estimate of drug-likeness (QED) is 0.567. The van der Waals surface area contributed by atoms with E-state index in [0.717, 1.165) is 0 Å². The molecule has 0 aliphatic heterocycles. The van der Waals surface area contributed by atoms with Crippen LogP contribution in [0.25, 0.3) is 0 Å². The predicted molar refractivity (Wildman–Crippen MR) is 51.6 cm³/mol. The van der Waals surface area contributed by atoms with Gasteiger partial charge in [-0.2, -0.15) is 11.8 Å². The van der Waals surface area contributed by atoms with Gasteiger partial charge in [0.25, 0.3) is 0 Å². The van der Waals surface area contributed by atoms with Crippen LogP contribution in [0.3, 0.4) is 0 Å². The molecular weight excluding hydrogens is 140 g/mol. The highest BCUT2D eigenvalue weighted by molar-refractivity contribution is 8.00. The molecule has 0 spiro atoms. The number of hydrogen-bond acceptors (Lipinski definition) is 1. The fourth-order valence-electron chi connectivity index (χ4n) is 0.822. The Labute approximate surface area is 69.1 Å². The summed E-state index contributed by atoms with van der Waals surface area (Å²) >= 11 is 2.00. The Morgan fingerprint density at radius 2 is 2.00 bits per heavy atom. The Bertz CT molecular complexity index is 123. The van der Waals surface area contributed by atoms with Gasteiger partial charge in [0.1, 0.15) is 0 Å². The van der Waals surface area contributed by atoms with Gasteiger partial charge in [0.2, 0.25) is 0 Å². The van der Waals surface area contributed by atoms with Crippen molar-refractivity contribution in [3.63, 3.8) is 0 Å². The van der Waals surface area contributed by atoms with Gasteiger partial charge in [0, 0.05) is 4.75 Å². The lowest BCUT2D eigenvalue weighted by atomic mass is 10.0. The van der Waals surface area contributed by atoms with Crippen molar-refractivity contribution in [2.24, 2.45) is 0 Å². The van der Waals surface area contributed by atoms with Crippen LogP contribution in [0.15, 0.2) is 11.6 Å². The summed E-state index contributed by atoms with van der Waals surface area (Å²) in [5.41, 5.74) is 1.47. The SMILES string of the molecule is CC=C(C)C(C)(C)SCC. The van der Waals surface area contributed by atoms with Crippen molar-refractivity contribution in [1.29, 1.82) is 0 Å². The lowest BCUT2D eigenvalue weighted by Gasteiger charge is -2.24. The predicted octanol–water partition coefficient (Wildman–Crippen LogP) is 3.48. The topological polar surface area (TPSA) is 0 Å². The summed E-state index contributed by atoms with van der Waals surface area (Å²) in [7, 11) is 0. The second-order valence-corrected chi connectivity index (χ2v) is 4.80. The van der Waals surface area contributed by atoms with E-state index in [1.165, 1.54) is 11.3 Å². The maximum Gasteiger partial charge on any atom is 0.0308 e. The molecule has 0 aliphatic carbocycles. The third kappa shape index (κ3) is 2.78. The summed E-state index contributed by atoms with van der Waals surface area (Å²) in [5, 5.41) is 0. The van der Waals surface area contributed by atoms with Crippen LogP contribution in [0, 0.1) is 0 Å². The lowest BCUT2D eigenvalue weighted by molar-refractivity contribution is 0.830. The summed E-state index contributed by atoms with van der Waals surface area (Å²) in [6.45, 7) is 11.1. The first-order chi connectivity index (χ1) is 4.54. The molecule has 0 rings (SSSR count). The van der Waals surface area contributed by atoms with Crippen molar-refractivity contribution < 1.29 is 0 Å². The smallest absolute Gasteiger partial charge is 0.0308 e. The van der Waals surface area contributed by atoms with E-state index in [1.54, 1.807) is 0 Å². The molecular formula is C9H18S. The molecule has 0 saturated carbocycles. The highest BCUT2D eigenvalue weighted by Gasteiger charge is 2.17. The van der Waals surface area contributed by atoms with Crippen LogP contribution in [0.5, 0.6) is 0 Å². The Morgan fingerprint density at radius 1 is 1.50 bits per heavy atom. The van der Waals surface area contributed by atoms with Gasteiger partial charge in [-0.15, -0.1) is 0 Å². The van der Waals surface area contributed by atoms with E-state index < -0.39 is 0 Å². The molecule has 1 heteroatoms. The summed E-state index contributed by atoms with van der Waals surface area (Å²) in [6.07, 6.45) is 2.20. The Kier molecular flexibility index (Phi) is 4.11. The molecule has 0 aromatic rings. The summed E-state index contributed by atoms with van der Waals surface area (Å²) in [6, 6.07) is 0. The highest BCUT2D eigenvalue weighted by atomic mass is 32.2. The number of rotatable bonds is 3. The maximum atomic E-state index is 2.27. The van der Waals surface area contributed by atoms with Crippen LogP contribution < -0.4 is 0 Å². The molecule has 0 amide bonds. The molecule has 0 radical (unpaired) electrons. The Hall–Kier alpha value is 0.0900. The molecule has 0 nitrogen and oxygen atoms in total. The number of allylic oxidation sites excluding steroid dienone is 1. The molecule has 0 saturated heterocycles. The molecule has 0 atom stereocenters. The minimum Gasteiger partial charge on any atom is -0.152 e. The third-order valence-electron chi connectivity index (χ3n) is 1.89. The van der Waals surface area contributed by atoms with E-state index in [1.807, 2.05) is 11.8 Å². The molecule has 0 bridgehead atoms. The first-order valence-electron chi connectivity index (χ1n) is 3.82. The molecule has 0 aromatic heterocycles. The average molecular weight is 158 g/mol. The van der Waals surface area contributed by atoms with Gasteiger partial charge in [0.15, 0.2) is 0 Å². The minimum absolute atomic E-state index is 0.337. The molecule has 0 heterocycles. The molecule has 0 aliphatic rings. The van der Waals surface area contributed by atoms with Crippen molar-refractivity contribution in [1.82, 2.24) is 0 Å². The van der Waals surface area contributed by atoms with Crippen molar-refractivity contribution in [3.05, 3.63) is 11.6 Å². The van der Waals surface area contributed by atoms with Gasteiger partial charge >= 0.3 is 0 Å². The van der Waals surface area contributed by atoms with Gasteiger partial charge in [-0.3, -0.25) is 0 Å². The van der Waals surface area contributed by atoms with Crippen LogP contribution in [-0.2, 0) is 0 Å². The standard InChI is InChI=1S/C9H18S/c1-6-8(3)9(4,5)10-7-2/h6H,7H2,1-5H3. The van der Waals surface area contributed by atoms with E-state index in [9.17, 15) is 0 Å². The van der Waals surface area contributed by atoms with Crippen LogP contribution in [-0.4, -0.2) is 10.5 Å². The zero-order chi connectivity index (χ0) is 8.20. The fourth-order valence-corrected chi connectivity index (χ4v) is 1.89. The summed E-state index contributed by atoms with van der Waals surface area (Å²) < 4.78 is 0.337. The van der Waals surface area contributed by atoms with Gasteiger partial charge in [-0.1, -0.05) is 18.6 Å². The summed E-state index contributed by atoms with van der Waals surface area (Å²) in [4.78, 5) is 0. The largest absolute Gasteiger partial charge is 0.152 e. The van der Waals surface area contributed by atoms with E-state index >= 15 is 0 Å². The molecule has 0 aromatic carbocycles. The van der Waals surface area contributed by atoms with E-state index in [-0.39, 0.29) is 0 Å². The van der Waals surface area contributed by atoms with E-state index in [2.05, 4.69) is 40.7 Å². The van der Waals surface area contributed by atoms with Gasteiger partial charge in [-0.05, 0) is 33.4 Å². The molecule has 60 valence electrons. The number of thioether (sulfide) groups is 1. The Balaban J connectivity index is 4.10. The average Bonchev–Trinajstić information content (AvgIpc) is 1.86. The van der Waals surface area contributed by atoms with Crippen molar-refractivity contribution >= 4 is 11.8 Å². The Morgan fingerprint density at radius 3 is 2.30 bits per heavy atom. The first kappa shape index (κ1) is 10.1. The van der Waals surface area contributed by atoms with Crippen LogP contribution >= 0.6 is 11.8 Å². The molecule has 10 heavy (non-hydrogen) atoms. The monoisotopic (exact) mass is 158 g/mol.